The van der Waals surface area contributed by atoms with Crippen molar-refractivity contribution in [1.29, 1.82) is 0 Å². The molecule has 2 aromatic rings. The van der Waals surface area contributed by atoms with E-state index in [1.165, 1.54) is 16.0 Å². The fourth-order valence-corrected chi connectivity index (χ4v) is 2.46. The Kier molecular flexibility index (Phi) is 4.59. The number of hydrogen-bond acceptors (Lipinski definition) is 3. The van der Waals surface area contributed by atoms with Crippen LogP contribution in [0.2, 0.25) is 0 Å². The smallest absolute Gasteiger partial charge is 0.0300 e. The molecule has 0 unspecified atom stereocenters. The van der Waals surface area contributed by atoms with E-state index >= 15 is 0 Å². The van der Waals surface area contributed by atoms with Gasteiger partial charge in [0.25, 0.3) is 0 Å². The van der Waals surface area contributed by atoms with Crippen LogP contribution in [0.25, 0.3) is 0 Å². The van der Waals surface area contributed by atoms with Crippen molar-refractivity contribution in [2.45, 2.75) is 17.9 Å². The normalized spacial score (nSPS) is 10.4. The van der Waals surface area contributed by atoms with Gasteiger partial charge in [-0.05, 0) is 35.7 Å². The number of nitrogens with zero attached hydrogens (tertiary/aromatic N) is 1. The molecule has 2 N–H and O–H groups in total. The molecule has 0 spiro atoms. The second-order valence-corrected chi connectivity index (χ2v) is 4.98. The molecule has 0 saturated heterocycles. The lowest BCUT2D eigenvalue weighted by Crippen LogP contribution is -1.95. The van der Waals surface area contributed by atoms with Crippen LogP contribution in [0.4, 0.5) is 0 Å². The number of rotatable bonds is 5. The first-order valence-electron chi connectivity index (χ1n) is 5.69. The molecular weight excluding hydrogens is 228 g/mol. The highest BCUT2D eigenvalue weighted by molar-refractivity contribution is 7.99. The van der Waals surface area contributed by atoms with E-state index in [4.69, 9.17) is 5.73 Å². The molecule has 2 nitrogen and oxygen atoms in total. The molecule has 1 heterocycles. The predicted molar refractivity (Wildman–Crippen MR) is 73.0 cm³/mol. The minimum atomic E-state index is 0.612. The molecule has 0 amide bonds. The number of hydrogen-bond donors (Lipinski definition) is 1. The average molecular weight is 244 g/mol. The molecule has 0 fully saturated rings. The van der Waals surface area contributed by atoms with Crippen LogP contribution in [-0.4, -0.2) is 10.7 Å². The molecule has 88 valence electrons. The second-order valence-electron chi connectivity index (χ2n) is 3.81. The number of benzene rings is 1. The molecule has 0 aliphatic heterocycles. The molecule has 17 heavy (non-hydrogen) atoms. The lowest BCUT2D eigenvalue weighted by Gasteiger charge is -2.03. The van der Waals surface area contributed by atoms with Crippen LogP contribution in [0.15, 0.2) is 53.7 Å². The highest BCUT2D eigenvalue weighted by atomic mass is 32.2. The molecule has 2 rings (SSSR count). The van der Waals surface area contributed by atoms with Gasteiger partial charge in [0.2, 0.25) is 0 Å². The van der Waals surface area contributed by atoms with Gasteiger partial charge in [0, 0.05) is 29.6 Å². The van der Waals surface area contributed by atoms with E-state index in [0.717, 1.165) is 12.2 Å². The first kappa shape index (κ1) is 12.1. The number of thioether (sulfide) groups is 1. The third kappa shape index (κ3) is 3.88. The van der Waals surface area contributed by atoms with Gasteiger partial charge in [-0.2, -0.15) is 0 Å². The molecule has 0 aliphatic rings. The van der Waals surface area contributed by atoms with Gasteiger partial charge in [-0.3, -0.25) is 4.98 Å². The summed E-state index contributed by atoms with van der Waals surface area (Å²) in [5, 5.41) is 0. The standard InChI is InChI=1S/C14H16N2S/c15-10-12-3-5-14(6-4-12)17-9-7-13-2-1-8-16-11-13/h1-6,8,11H,7,9-10,15H2. The van der Waals surface area contributed by atoms with Gasteiger partial charge < -0.3 is 5.73 Å². The molecule has 1 aromatic heterocycles. The SMILES string of the molecule is NCc1ccc(SCCc2cccnc2)cc1. The van der Waals surface area contributed by atoms with Gasteiger partial charge in [0.1, 0.15) is 0 Å². The zero-order valence-corrected chi connectivity index (χ0v) is 10.5. The molecule has 3 heteroatoms. The maximum Gasteiger partial charge on any atom is 0.0300 e. The number of aryl methyl sites for hydroxylation is 1. The molecular formula is C14H16N2S. The largest absolute Gasteiger partial charge is 0.326 e. The summed E-state index contributed by atoms with van der Waals surface area (Å²) in [6.45, 7) is 0.612. The molecule has 0 bridgehead atoms. The minimum Gasteiger partial charge on any atom is -0.326 e. The Bertz CT molecular complexity index is 440. The summed E-state index contributed by atoms with van der Waals surface area (Å²) < 4.78 is 0. The first-order chi connectivity index (χ1) is 8.38. The maximum absolute atomic E-state index is 5.56. The molecule has 0 atom stereocenters. The topological polar surface area (TPSA) is 38.9 Å². The van der Waals surface area contributed by atoms with Gasteiger partial charge in [-0.15, -0.1) is 11.8 Å². The Morgan fingerprint density at radius 1 is 1.06 bits per heavy atom. The Hall–Kier alpha value is -1.32. The van der Waals surface area contributed by atoms with Crippen molar-refractivity contribution in [3.05, 3.63) is 59.9 Å². The summed E-state index contributed by atoms with van der Waals surface area (Å²) in [4.78, 5) is 5.41. The molecule has 0 radical (unpaired) electrons. The van der Waals surface area contributed by atoms with Gasteiger partial charge in [0.15, 0.2) is 0 Å². The van der Waals surface area contributed by atoms with Crippen LogP contribution in [0.1, 0.15) is 11.1 Å². The Labute approximate surface area is 106 Å². The van der Waals surface area contributed by atoms with Crippen molar-refractivity contribution in [3.8, 4) is 0 Å². The number of nitrogens with two attached hydrogens (primary N) is 1. The van der Waals surface area contributed by atoms with E-state index in [-0.39, 0.29) is 0 Å². The molecule has 1 aromatic carbocycles. The van der Waals surface area contributed by atoms with E-state index in [1.54, 1.807) is 0 Å². The minimum absolute atomic E-state index is 0.612. The van der Waals surface area contributed by atoms with Crippen LogP contribution in [0, 0.1) is 0 Å². The van der Waals surface area contributed by atoms with E-state index < -0.39 is 0 Å². The van der Waals surface area contributed by atoms with E-state index in [9.17, 15) is 0 Å². The Balaban J connectivity index is 1.82. The summed E-state index contributed by atoms with van der Waals surface area (Å²) in [6.07, 6.45) is 4.79. The third-order valence-electron chi connectivity index (χ3n) is 2.54. The van der Waals surface area contributed by atoms with Crippen molar-refractivity contribution in [1.82, 2.24) is 4.98 Å². The molecule has 0 aliphatic carbocycles. The average Bonchev–Trinajstić information content (AvgIpc) is 2.41. The number of pyridine rings is 1. The van der Waals surface area contributed by atoms with Crippen LogP contribution in [0.5, 0.6) is 0 Å². The van der Waals surface area contributed by atoms with Crippen molar-refractivity contribution in [2.24, 2.45) is 5.73 Å². The zero-order valence-electron chi connectivity index (χ0n) is 9.67. The van der Waals surface area contributed by atoms with E-state index in [0.29, 0.717) is 6.54 Å². The highest BCUT2D eigenvalue weighted by Crippen LogP contribution is 2.19. The zero-order chi connectivity index (χ0) is 11.9. The predicted octanol–water partition coefficient (Wildman–Crippen LogP) is 2.88. The van der Waals surface area contributed by atoms with Crippen LogP contribution < -0.4 is 5.73 Å². The second kappa shape index (κ2) is 6.42. The van der Waals surface area contributed by atoms with Crippen molar-refractivity contribution < 1.29 is 0 Å². The monoisotopic (exact) mass is 244 g/mol. The van der Waals surface area contributed by atoms with Gasteiger partial charge in [0.05, 0.1) is 0 Å². The van der Waals surface area contributed by atoms with Crippen LogP contribution >= 0.6 is 11.8 Å². The summed E-state index contributed by atoms with van der Waals surface area (Å²) in [7, 11) is 0. The lowest BCUT2D eigenvalue weighted by molar-refractivity contribution is 1.06. The van der Waals surface area contributed by atoms with Gasteiger partial charge in [-0.1, -0.05) is 18.2 Å². The van der Waals surface area contributed by atoms with Crippen molar-refractivity contribution >= 4 is 11.8 Å². The summed E-state index contributed by atoms with van der Waals surface area (Å²) in [6, 6.07) is 12.5. The van der Waals surface area contributed by atoms with Crippen LogP contribution in [0.3, 0.4) is 0 Å². The summed E-state index contributed by atoms with van der Waals surface area (Å²) >= 11 is 1.87. The van der Waals surface area contributed by atoms with Gasteiger partial charge in [-0.25, -0.2) is 0 Å². The summed E-state index contributed by atoms with van der Waals surface area (Å²) in [5.41, 5.74) is 8.03. The van der Waals surface area contributed by atoms with Crippen LogP contribution in [-0.2, 0) is 13.0 Å². The van der Waals surface area contributed by atoms with Gasteiger partial charge >= 0.3 is 0 Å². The molecule has 0 saturated carbocycles. The first-order valence-corrected chi connectivity index (χ1v) is 6.68. The maximum atomic E-state index is 5.56. The van der Waals surface area contributed by atoms with Crippen molar-refractivity contribution in [3.63, 3.8) is 0 Å². The Morgan fingerprint density at radius 2 is 1.88 bits per heavy atom. The van der Waals surface area contributed by atoms with Crippen molar-refractivity contribution in [2.75, 3.05) is 5.75 Å². The summed E-state index contributed by atoms with van der Waals surface area (Å²) in [5.74, 6) is 1.08. The quantitative estimate of drug-likeness (QED) is 0.822. The fraction of sp³-hybridized carbons (Fsp3) is 0.214. The lowest BCUT2D eigenvalue weighted by atomic mass is 10.2. The Morgan fingerprint density at radius 3 is 2.53 bits per heavy atom. The third-order valence-corrected chi connectivity index (χ3v) is 3.56. The number of aromatic nitrogens is 1. The van der Waals surface area contributed by atoms with E-state index in [2.05, 4.69) is 35.3 Å². The highest BCUT2D eigenvalue weighted by Gasteiger charge is 1.96. The fourth-order valence-electron chi connectivity index (χ4n) is 1.55. The van der Waals surface area contributed by atoms with E-state index in [1.807, 2.05) is 30.2 Å².